The van der Waals surface area contributed by atoms with E-state index in [4.69, 9.17) is 42.3 Å². The molecule has 18 heteroatoms. The number of methoxy groups -OCH3 is 3. The van der Waals surface area contributed by atoms with E-state index in [1.807, 2.05) is 32.8 Å². The Balaban J connectivity index is 1.23. The zero-order chi connectivity index (χ0) is 47.3. The minimum absolute atomic E-state index is 0.0528. The lowest BCUT2D eigenvalue weighted by Crippen LogP contribution is -2.62. The van der Waals surface area contributed by atoms with Crippen molar-refractivity contribution in [2.24, 2.45) is 0 Å². The summed E-state index contributed by atoms with van der Waals surface area (Å²) in [6.45, 7) is 10.6. The molecule has 16 atom stereocenters. The summed E-state index contributed by atoms with van der Waals surface area (Å²) in [4.78, 5) is 60.3. The van der Waals surface area contributed by atoms with Crippen LogP contribution in [0, 0.1) is 0 Å². The fraction of sp³-hybridized carbons (Fsp3) is 0.617. The Kier molecular flexibility index (Phi) is 12.5. The molecule has 4 N–H and O–H groups in total. The Bertz CT molecular complexity index is 2450. The van der Waals surface area contributed by atoms with Gasteiger partial charge < -0.3 is 67.6 Å². The maximum absolute atomic E-state index is 15.1. The summed E-state index contributed by atoms with van der Waals surface area (Å²) < 4.78 is 53.7. The molecule has 1 aliphatic carbocycles. The molecule has 0 radical (unpaired) electrons. The number of likely N-dealkylation sites (N-methyl/N-ethyl adjacent to an activating group) is 1. The van der Waals surface area contributed by atoms with Gasteiger partial charge in [-0.2, -0.15) is 0 Å². The van der Waals surface area contributed by atoms with Crippen LogP contribution in [0.2, 0.25) is 0 Å². The van der Waals surface area contributed by atoms with Gasteiger partial charge in [0.1, 0.15) is 65.2 Å². The highest BCUT2D eigenvalue weighted by molar-refractivity contribution is 6.32. The third-order valence-electron chi connectivity index (χ3n) is 14.7. The summed E-state index contributed by atoms with van der Waals surface area (Å²) >= 11 is 0. The number of ketones is 2. The normalized spacial score (nSPS) is 37.5. The largest absolute Gasteiger partial charge is 0.507 e. The first-order chi connectivity index (χ1) is 30.6. The molecule has 4 saturated heterocycles. The molecule has 2 aromatic carbocycles. The molecule has 354 valence electrons. The van der Waals surface area contributed by atoms with E-state index in [9.17, 15) is 34.8 Å². The highest BCUT2D eigenvalue weighted by Crippen LogP contribution is 2.50. The zero-order valence-corrected chi connectivity index (χ0v) is 38.3. The van der Waals surface area contributed by atoms with Gasteiger partial charge in [0.25, 0.3) is 0 Å². The predicted octanol–water partition coefficient (Wildman–Crippen LogP) is 2.75. The standard InChI is InChI=1S/C47H59NO17/c1-18-35(50)27(57-9)16-30(61-18)64-44-20(3)60-28(17-46(44,5)48(7)8)22-12-13-23-32(38(22)53)39(54)33-25(37(23)52)14-24(31-26(49)15-29(63-41(31)33)47(6)21(4)65-47)34(45(56)59-11)42-40(55)43(58-10)36(51)19(2)62-42/h12-15,18-21,27-28,30,34-36,40,42-44,50-51,53,55H,16-17H2,1-11H3/t18-,19-,20+,21?,27+,28-,30-,34?,35-,36-,40-,42-,43-,44-,46+,47?/m1/s1. The fourth-order valence-corrected chi connectivity index (χ4v) is 10.3. The van der Waals surface area contributed by atoms with E-state index in [1.165, 1.54) is 45.4 Å². The SMILES string of the molecule is COC(=O)C(c1cc2c(c3oc(C4(C)OC4C)cc(=O)c13)C(=O)c1c(ccc([C@H]3C[C@](C)(N(C)C)[C@H](O[C@@H]4C[C@H](OC)[C@H](O)[C@@H](C)O4)[C@H](C)O3)c1O)C2=O)[C@H]1O[C@H](C)[C@@H](O)[C@@H](OC)[C@@H]1O. The van der Waals surface area contributed by atoms with Crippen LogP contribution in [0.3, 0.4) is 0 Å². The number of aliphatic hydroxyl groups excluding tert-OH is 3. The summed E-state index contributed by atoms with van der Waals surface area (Å²) in [6, 6.07) is 5.39. The molecule has 3 aromatic rings. The Labute approximate surface area is 375 Å². The molecule has 0 saturated carbocycles. The minimum Gasteiger partial charge on any atom is -0.507 e. The van der Waals surface area contributed by atoms with Gasteiger partial charge in [0, 0.05) is 48.9 Å². The third-order valence-corrected chi connectivity index (χ3v) is 14.7. The molecule has 4 aliphatic heterocycles. The topological polar surface area (TPSA) is 243 Å². The van der Waals surface area contributed by atoms with Gasteiger partial charge in [-0.25, -0.2) is 0 Å². The number of epoxide rings is 1. The average molecular weight is 910 g/mol. The predicted molar refractivity (Wildman–Crippen MR) is 228 cm³/mol. The van der Waals surface area contributed by atoms with E-state index < -0.39 is 119 Å². The van der Waals surface area contributed by atoms with Gasteiger partial charge in [0.05, 0.1) is 60.2 Å². The lowest BCUT2D eigenvalue weighted by Gasteiger charge is -2.52. The first kappa shape index (κ1) is 47.3. The number of benzene rings is 2. The lowest BCUT2D eigenvalue weighted by molar-refractivity contribution is -0.300. The van der Waals surface area contributed by atoms with Crippen LogP contribution in [0.5, 0.6) is 5.75 Å². The quantitative estimate of drug-likeness (QED) is 0.132. The lowest BCUT2D eigenvalue weighted by atomic mass is 9.76. The van der Waals surface area contributed by atoms with Crippen LogP contribution in [-0.2, 0) is 48.3 Å². The van der Waals surface area contributed by atoms with Crippen molar-refractivity contribution >= 4 is 28.5 Å². The molecule has 1 aromatic heterocycles. The van der Waals surface area contributed by atoms with Crippen LogP contribution < -0.4 is 5.43 Å². The number of ether oxygens (including phenoxy) is 8. The van der Waals surface area contributed by atoms with Crippen molar-refractivity contribution < 1.29 is 77.1 Å². The van der Waals surface area contributed by atoms with Crippen LogP contribution in [0.25, 0.3) is 11.0 Å². The number of carbonyl (C=O) groups excluding carboxylic acids is 3. The summed E-state index contributed by atoms with van der Waals surface area (Å²) in [6.07, 6.45) is -11.1. The molecular formula is C47H59NO17. The Morgan fingerprint density at radius 3 is 2.14 bits per heavy atom. The number of hydrogen-bond acceptors (Lipinski definition) is 18. The zero-order valence-electron chi connectivity index (χ0n) is 38.3. The molecule has 3 unspecified atom stereocenters. The number of carbonyl (C=O) groups is 3. The molecule has 0 amide bonds. The van der Waals surface area contributed by atoms with Crippen molar-refractivity contribution in [3.8, 4) is 5.75 Å². The van der Waals surface area contributed by atoms with Crippen molar-refractivity contribution in [2.45, 2.75) is 151 Å². The molecule has 5 heterocycles. The van der Waals surface area contributed by atoms with Crippen LogP contribution in [-0.4, -0.2) is 157 Å². The maximum atomic E-state index is 15.1. The molecule has 0 spiro atoms. The van der Waals surface area contributed by atoms with Gasteiger partial charge in [-0.05, 0) is 79.8 Å². The van der Waals surface area contributed by atoms with Gasteiger partial charge >= 0.3 is 5.97 Å². The number of esters is 1. The number of phenolic OH excluding ortho intramolecular Hbond substituents is 1. The summed E-state index contributed by atoms with van der Waals surface area (Å²) in [5, 5.41) is 44.8. The van der Waals surface area contributed by atoms with Gasteiger partial charge in [0.2, 0.25) is 5.78 Å². The second kappa shape index (κ2) is 17.2. The van der Waals surface area contributed by atoms with Crippen molar-refractivity contribution in [2.75, 3.05) is 35.4 Å². The van der Waals surface area contributed by atoms with Crippen LogP contribution in [0.15, 0.2) is 33.5 Å². The van der Waals surface area contributed by atoms with Crippen molar-refractivity contribution in [1.82, 2.24) is 4.90 Å². The summed E-state index contributed by atoms with van der Waals surface area (Å²) in [5.74, 6) is -4.58. The highest BCUT2D eigenvalue weighted by Gasteiger charge is 2.55. The van der Waals surface area contributed by atoms with E-state index in [2.05, 4.69) is 0 Å². The molecular weight excluding hydrogens is 851 g/mol. The van der Waals surface area contributed by atoms with Gasteiger partial charge in [-0.3, -0.25) is 19.2 Å². The minimum atomic E-state index is -1.64. The molecule has 65 heavy (non-hydrogen) atoms. The van der Waals surface area contributed by atoms with Gasteiger partial charge in [-0.1, -0.05) is 6.07 Å². The monoisotopic (exact) mass is 909 g/mol. The number of phenols is 1. The van der Waals surface area contributed by atoms with Crippen LogP contribution in [0.1, 0.15) is 115 Å². The third kappa shape index (κ3) is 7.54. The maximum Gasteiger partial charge on any atom is 0.315 e. The molecule has 5 aliphatic rings. The first-order valence-corrected chi connectivity index (χ1v) is 21.9. The smallest absolute Gasteiger partial charge is 0.315 e. The number of nitrogens with zero attached hydrogens (tertiary/aromatic N) is 1. The van der Waals surface area contributed by atoms with E-state index in [0.717, 1.165) is 7.11 Å². The second-order valence-corrected chi connectivity index (χ2v) is 18.6. The molecule has 4 fully saturated rings. The van der Waals surface area contributed by atoms with Crippen molar-refractivity contribution in [3.05, 3.63) is 73.6 Å². The number of rotatable bonds is 10. The highest BCUT2D eigenvalue weighted by atomic mass is 16.7. The second-order valence-electron chi connectivity index (χ2n) is 18.6. The fourth-order valence-electron chi connectivity index (χ4n) is 10.3. The molecule has 0 bridgehead atoms. The number of aliphatic hydroxyl groups is 3. The summed E-state index contributed by atoms with van der Waals surface area (Å²) in [5.41, 5.74) is -3.85. The van der Waals surface area contributed by atoms with Crippen LogP contribution >= 0.6 is 0 Å². The van der Waals surface area contributed by atoms with E-state index in [-0.39, 0.29) is 69.1 Å². The average Bonchev–Trinajstić information content (AvgIpc) is 3.89. The first-order valence-electron chi connectivity index (χ1n) is 21.9. The van der Waals surface area contributed by atoms with Crippen molar-refractivity contribution in [1.29, 1.82) is 0 Å². The summed E-state index contributed by atoms with van der Waals surface area (Å²) in [7, 11) is 7.69. The van der Waals surface area contributed by atoms with Crippen molar-refractivity contribution in [3.63, 3.8) is 0 Å². The van der Waals surface area contributed by atoms with E-state index in [1.54, 1.807) is 20.8 Å². The van der Waals surface area contributed by atoms with E-state index in [0.29, 0.717) is 0 Å². The Morgan fingerprint density at radius 1 is 0.846 bits per heavy atom. The number of fused-ring (bicyclic) bond motifs is 4. The number of aromatic hydroxyl groups is 1. The number of hydrogen-bond donors (Lipinski definition) is 4. The van der Waals surface area contributed by atoms with E-state index >= 15 is 4.79 Å². The molecule has 8 rings (SSSR count). The van der Waals surface area contributed by atoms with Gasteiger partial charge in [0.15, 0.2) is 17.5 Å². The Morgan fingerprint density at radius 2 is 1.52 bits per heavy atom. The Hall–Kier alpha value is -4.18. The molecule has 18 nitrogen and oxygen atoms in total. The van der Waals surface area contributed by atoms with Crippen LogP contribution in [0.4, 0.5) is 0 Å². The van der Waals surface area contributed by atoms with Gasteiger partial charge in [-0.15, -0.1) is 0 Å².